The van der Waals surface area contributed by atoms with Crippen LogP contribution in [0, 0.1) is 13.8 Å². The van der Waals surface area contributed by atoms with Gasteiger partial charge in [0.15, 0.2) is 16.4 Å². The van der Waals surface area contributed by atoms with Crippen LogP contribution in [0.15, 0.2) is 48.5 Å². The van der Waals surface area contributed by atoms with E-state index in [0.717, 1.165) is 16.7 Å². The molecule has 1 fully saturated rings. The number of amides is 1. The maximum atomic E-state index is 12.9. The molecule has 0 aromatic heterocycles. The van der Waals surface area contributed by atoms with Crippen molar-refractivity contribution in [3.8, 4) is 5.75 Å². The third kappa shape index (κ3) is 5.10. The highest BCUT2D eigenvalue weighted by molar-refractivity contribution is 7.91. The van der Waals surface area contributed by atoms with E-state index in [2.05, 4.69) is 0 Å². The first-order valence-electron chi connectivity index (χ1n) is 9.08. The summed E-state index contributed by atoms with van der Waals surface area (Å²) in [6.07, 6.45) is 0.477. The molecular formula is C21H25NO4S. The second-order valence-electron chi connectivity index (χ2n) is 7.10. The van der Waals surface area contributed by atoms with E-state index in [1.807, 2.05) is 62.4 Å². The lowest BCUT2D eigenvalue weighted by molar-refractivity contribution is -0.136. The molecule has 1 atom stereocenters. The van der Waals surface area contributed by atoms with Crippen LogP contribution in [0.4, 0.5) is 0 Å². The highest BCUT2D eigenvalue weighted by Gasteiger charge is 2.34. The topological polar surface area (TPSA) is 63.7 Å². The number of benzene rings is 2. The van der Waals surface area contributed by atoms with Gasteiger partial charge in [-0.15, -0.1) is 0 Å². The zero-order chi connectivity index (χ0) is 19.4. The third-order valence-electron chi connectivity index (χ3n) is 5.01. The molecule has 0 N–H and O–H groups in total. The molecule has 0 bridgehead atoms. The third-order valence-corrected chi connectivity index (χ3v) is 6.76. The lowest BCUT2D eigenvalue weighted by Gasteiger charge is -2.28. The van der Waals surface area contributed by atoms with Crippen molar-refractivity contribution < 1.29 is 17.9 Å². The number of carbonyl (C=O) groups is 1. The molecule has 1 aliphatic heterocycles. The van der Waals surface area contributed by atoms with Gasteiger partial charge in [0, 0.05) is 12.6 Å². The molecule has 1 heterocycles. The van der Waals surface area contributed by atoms with Crippen molar-refractivity contribution in [2.75, 3.05) is 18.1 Å². The Morgan fingerprint density at radius 3 is 2.48 bits per heavy atom. The molecule has 2 aromatic rings. The summed E-state index contributed by atoms with van der Waals surface area (Å²) in [5.74, 6) is 0.605. The molecule has 27 heavy (non-hydrogen) atoms. The van der Waals surface area contributed by atoms with E-state index in [4.69, 9.17) is 4.74 Å². The highest BCUT2D eigenvalue weighted by atomic mass is 32.2. The van der Waals surface area contributed by atoms with Gasteiger partial charge in [-0.2, -0.15) is 0 Å². The van der Waals surface area contributed by atoms with Gasteiger partial charge < -0.3 is 9.64 Å². The van der Waals surface area contributed by atoms with Gasteiger partial charge in [0.2, 0.25) is 0 Å². The van der Waals surface area contributed by atoms with E-state index in [1.165, 1.54) is 0 Å². The maximum absolute atomic E-state index is 12.9. The molecule has 0 saturated carbocycles. The number of rotatable bonds is 6. The number of hydrogen-bond acceptors (Lipinski definition) is 4. The number of sulfone groups is 1. The summed E-state index contributed by atoms with van der Waals surface area (Å²) >= 11 is 0. The zero-order valence-electron chi connectivity index (χ0n) is 15.7. The Kier molecular flexibility index (Phi) is 5.85. The fourth-order valence-corrected chi connectivity index (χ4v) is 4.98. The van der Waals surface area contributed by atoms with E-state index in [9.17, 15) is 13.2 Å². The fraction of sp³-hybridized carbons (Fsp3) is 0.381. The predicted molar refractivity (Wildman–Crippen MR) is 105 cm³/mol. The predicted octanol–water partition coefficient (Wildman–Crippen LogP) is 2.90. The molecule has 6 heteroatoms. The van der Waals surface area contributed by atoms with Crippen LogP contribution in [0.25, 0.3) is 0 Å². The number of nitrogens with zero attached hydrogens (tertiary/aromatic N) is 1. The standard InChI is InChI=1S/C21H25NO4S/c1-16-8-9-20(12-17(16)2)26-14-21(23)22(13-18-6-4-3-5-7-18)19-10-11-27(24,25)15-19/h3-9,12,19H,10-11,13-15H2,1-2H3/t19-/m0/s1. The average Bonchev–Trinajstić information content (AvgIpc) is 3.01. The van der Waals surface area contributed by atoms with E-state index < -0.39 is 9.84 Å². The number of ether oxygens (including phenoxy) is 1. The summed E-state index contributed by atoms with van der Waals surface area (Å²) in [5, 5.41) is 0. The summed E-state index contributed by atoms with van der Waals surface area (Å²) in [4.78, 5) is 14.5. The lowest BCUT2D eigenvalue weighted by Crippen LogP contribution is -2.43. The van der Waals surface area contributed by atoms with Crippen LogP contribution < -0.4 is 4.74 Å². The minimum atomic E-state index is -3.08. The summed E-state index contributed by atoms with van der Waals surface area (Å²) < 4.78 is 29.5. The summed E-state index contributed by atoms with van der Waals surface area (Å²) in [7, 11) is -3.08. The number of carbonyl (C=O) groups excluding carboxylic acids is 1. The van der Waals surface area contributed by atoms with Gasteiger partial charge >= 0.3 is 0 Å². The van der Waals surface area contributed by atoms with E-state index in [-0.39, 0.29) is 30.1 Å². The summed E-state index contributed by atoms with van der Waals surface area (Å²) in [5.41, 5.74) is 3.24. The molecule has 3 rings (SSSR count). The second-order valence-corrected chi connectivity index (χ2v) is 9.33. The van der Waals surface area contributed by atoms with Crippen LogP contribution in [0.5, 0.6) is 5.75 Å². The molecule has 0 spiro atoms. The zero-order valence-corrected chi connectivity index (χ0v) is 16.5. The van der Waals surface area contributed by atoms with Gasteiger partial charge in [-0.25, -0.2) is 8.42 Å². The Morgan fingerprint density at radius 2 is 1.85 bits per heavy atom. The normalized spacial score (nSPS) is 18.2. The Hall–Kier alpha value is -2.34. The lowest BCUT2D eigenvalue weighted by atomic mass is 10.1. The minimum absolute atomic E-state index is 0.0230. The number of hydrogen-bond donors (Lipinski definition) is 0. The molecule has 1 aliphatic rings. The van der Waals surface area contributed by atoms with Gasteiger partial charge in [-0.1, -0.05) is 36.4 Å². The van der Waals surface area contributed by atoms with E-state index in [1.54, 1.807) is 4.90 Å². The fourth-order valence-electron chi connectivity index (χ4n) is 3.25. The Labute approximate surface area is 160 Å². The van der Waals surface area contributed by atoms with Gasteiger partial charge in [-0.3, -0.25) is 4.79 Å². The first-order valence-corrected chi connectivity index (χ1v) is 10.9. The van der Waals surface area contributed by atoms with Crippen molar-refractivity contribution in [3.63, 3.8) is 0 Å². The molecular weight excluding hydrogens is 362 g/mol. The molecule has 5 nitrogen and oxygen atoms in total. The average molecular weight is 388 g/mol. The Bertz CT molecular complexity index is 909. The summed E-state index contributed by atoms with van der Waals surface area (Å²) in [6, 6.07) is 15.0. The first kappa shape index (κ1) is 19.4. The van der Waals surface area contributed by atoms with Crippen LogP contribution in [0.2, 0.25) is 0 Å². The van der Waals surface area contributed by atoms with Crippen LogP contribution in [0.1, 0.15) is 23.1 Å². The van der Waals surface area contributed by atoms with Crippen molar-refractivity contribution in [1.29, 1.82) is 0 Å². The van der Waals surface area contributed by atoms with Crippen molar-refractivity contribution >= 4 is 15.7 Å². The van der Waals surface area contributed by atoms with Gasteiger partial charge in [0.1, 0.15) is 5.75 Å². The largest absolute Gasteiger partial charge is 0.484 e. The molecule has 144 valence electrons. The van der Waals surface area contributed by atoms with Gasteiger partial charge in [0.25, 0.3) is 5.91 Å². The van der Waals surface area contributed by atoms with Crippen LogP contribution in [0.3, 0.4) is 0 Å². The molecule has 0 aliphatic carbocycles. The van der Waals surface area contributed by atoms with E-state index in [0.29, 0.717) is 18.7 Å². The first-order chi connectivity index (χ1) is 12.8. The quantitative estimate of drug-likeness (QED) is 0.765. The van der Waals surface area contributed by atoms with Crippen molar-refractivity contribution in [3.05, 3.63) is 65.2 Å². The van der Waals surface area contributed by atoms with Gasteiger partial charge in [-0.05, 0) is 49.1 Å². The maximum Gasteiger partial charge on any atom is 0.261 e. The van der Waals surface area contributed by atoms with E-state index >= 15 is 0 Å². The van der Waals surface area contributed by atoms with Crippen LogP contribution in [-0.4, -0.2) is 43.4 Å². The molecule has 1 saturated heterocycles. The SMILES string of the molecule is Cc1ccc(OCC(=O)N(Cc2ccccc2)[C@H]2CCS(=O)(=O)C2)cc1C. The smallest absolute Gasteiger partial charge is 0.261 e. The molecule has 0 radical (unpaired) electrons. The monoisotopic (exact) mass is 387 g/mol. The molecule has 1 amide bonds. The Balaban J connectivity index is 1.72. The number of aryl methyl sites for hydroxylation is 2. The van der Waals surface area contributed by atoms with Crippen molar-refractivity contribution in [2.45, 2.75) is 32.9 Å². The van der Waals surface area contributed by atoms with Gasteiger partial charge in [0.05, 0.1) is 11.5 Å². The van der Waals surface area contributed by atoms with Crippen molar-refractivity contribution in [2.24, 2.45) is 0 Å². The molecule has 2 aromatic carbocycles. The highest BCUT2D eigenvalue weighted by Crippen LogP contribution is 2.21. The molecule has 0 unspecified atom stereocenters. The van der Waals surface area contributed by atoms with Crippen molar-refractivity contribution in [1.82, 2.24) is 4.90 Å². The Morgan fingerprint density at radius 1 is 1.11 bits per heavy atom. The van der Waals surface area contributed by atoms with Crippen LogP contribution >= 0.6 is 0 Å². The summed E-state index contributed by atoms with van der Waals surface area (Å²) in [6.45, 7) is 4.30. The minimum Gasteiger partial charge on any atom is -0.484 e. The van der Waals surface area contributed by atoms with Crippen LogP contribution in [-0.2, 0) is 21.2 Å². The second kappa shape index (κ2) is 8.13.